The van der Waals surface area contributed by atoms with Gasteiger partial charge in [-0.2, -0.15) is 0 Å². The SMILES string of the molecule is CC(C)(C)c1ccc(C2=[C]([Zr][C]3=C(c4ccc(C(C)(C)C)cc4)C=CC3)CC=C2)cc1.Cl.Cl. The maximum atomic E-state index is 2.36. The third-order valence-corrected chi connectivity index (χ3v) is 10.1. The predicted octanol–water partition coefficient (Wildman–Crippen LogP) is 9.25. The summed E-state index contributed by atoms with van der Waals surface area (Å²) in [7, 11) is 0. The molecule has 0 aromatic heterocycles. The van der Waals surface area contributed by atoms with E-state index in [2.05, 4.69) is 114 Å². The second-order valence-corrected chi connectivity index (χ2v) is 14.4. The zero-order valence-corrected chi connectivity index (χ0v) is 24.7. The minimum absolute atomic E-state index is 0. The van der Waals surface area contributed by atoms with Crippen molar-refractivity contribution < 1.29 is 23.2 Å². The van der Waals surface area contributed by atoms with Crippen molar-refractivity contribution in [2.75, 3.05) is 0 Å². The van der Waals surface area contributed by atoms with Crippen molar-refractivity contribution in [1.29, 1.82) is 0 Å². The number of hydrogen-bond acceptors (Lipinski definition) is 0. The first kappa shape index (κ1) is 28.1. The summed E-state index contributed by atoms with van der Waals surface area (Å²) in [6.45, 7) is 13.7. The van der Waals surface area contributed by atoms with Crippen LogP contribution in [0.5, 0.6) is 0 Å². The second kappa shape index (κ2) is 11.1. The first-order valence-electron chi connectivity index (χ1n) is 11.4. The molecule has 0 atom stereocenters. The molecule has 3 heteroatoms. The molecule has 2 aromatic carbocycles. The topological polar surface area (TPSA) is 0 Å². The van der Waals surface area contributed by atoms with Crippen LogP contribution in [0.25, 0.3) is 11.1 Å². The van der Waals surface area contributed by atoms with Crippen LogP contribution >= 0.6 is 24.8 Å². The molecule has 0 bridgehead atoms. The standard InChI is InChI=1S/2C15H17.2ClH.Zr/c2*1-15(2,3)14-10-8-13(9-11-14)12-6-4-5-7-12;;;/h2*4,6,8-11H,5H2,1-3H3;2*1H;. The summed E-state index contributed by atoms with van der Waals surface area (Å²) < 4.78 is 3.43. The van der Waals surface area contributed by atoms with E-state index in [1.165, 1.54) is 33.4 Å². The minimum Gasteiger partial charge on any atom is -0.147 e. The van der Waals surface area contributed by atoms with Crippen molar-refractivity contribution in [1.82, 2.24) is 0 Å². The Morgan fingerprint density at radius 2 is 0.879 bits per heavy atom. The summed E-state index contributed by atoms with van der Waals surface area (Å²) in [5.74, 6) is 0. The normalized spacial score (nSPS) is 15.6. The van der Waals surface area contributed by atoms with Gasteiger partial charge in [-0.1, -0.05) is 0 Å². The van der Waals surface area contributed by atoms with Gasteiger partial charge in [0.25, 0.3) is 0 Å². The molecule has 0 saturated heterocycles. The molecule has 0 spiro atoms. The molecular weight excluding hydrogens is 522 g/mol. The number of halogens is 2. The third-order valence-electron chi connectivity index (χ3n) is 6.29. The van der Waals surface area contributed by atoms with Gasteiger partial charge in [-0.25, -0.2) is 0 Å². The van der Waals surface area contributed by atoms with Gasteiger partial charge in [0.15, 0.2) is 0 Å². The van der Waals surface area contributed by atoms with Gasteiger partial charge >= 0.3 is 201 Å². The van der Waals surface area contributed by atoms with Gasteiger partial charge in [0, 0.05) is 0 Å². The van der Waals surface area contributed by atoms with Crippen molar-refractivity contribution in [3.63, 3.8) is 0 Å². The molecule has 0 aliphatic heterocycles. The van der Waals surface area contributed by atoms with Crippen molar-refractivity contribution in [2.24, 2.45) is 0 Å². The predicted molar refractivity (Wildman–Crippen MR) is 146 cm³/mol. The van der Waals surface area contributed by atoms with E-state index in [4.69, 9.17) is 0 Å². The molecule has 33 heavy (non-hydrogen) atoms. The maximum absolute atomic E-state index is 2.36. The Labute approximate surface area is 224 Å². The first-order valence-corrected chi connectivity index (χ1v) is 13.9. The zero-order chi connectivity index (χ0) is 22.2. The van der Waals surface area contributed by atoms with Crippen molar-refractivity contribution >= 4 is 36.0 Å². The summed E-state index contributed by atoms with van der Waals surface area (Å²) in [6, 6.07) is 18.6. The van der Waals surface area contributed by atoms with Gasteiger partial charge in [0.2, 0.25) is 0 Å². The maximum Gasteiger partial charge on any atom is -0.147 e. The molecule has 0 saturated carbocycles. The molecule has 0 unspecified atom stereocenters. The Hall–Kier alpha value is -1.14. The summed E-state index contributed by atoms with van der Waals surface area (Å²) in [5.41, 5.74) is 8.99. The van der Waals surface area contributed by atoms with Crippen LogP contribution in [-0.2, 0) is 34.1 Å². The van der Waals surface area contributed by atoms with E-state index in [1.807, 2.05) is 0 Å². The summed E-state index contributed by atoms with van der Waals surface area (Å²) >= 11 is -0.799. The van der Waals surface area contributed by atoms with Crippen LogP contribution in [0, 0.1) is 0 Å². The van der Waals surface area contributed by atoms with Crippen LogP contribution in [0.3, 0.4) is 0 Å². The Balaban J connectivity index is 0.00000193. The summed E-state index contributed by atoms with van der Waals surface area (Å²) in [6.07, 6.45) is 11.7. The summed E-state index contributed by atoms with van der Waals surface area (Å²) in [4.78, 5) is 0. The molecular formula is C30H36Cl2Zr. The largest absolute Gasteiger partial charge is 0.147 e. The van der Waals surface area contributed by atoms with Gasteiger partial charge in [0.05, 0.1) is 0 Å². The molecule has 2 aromatic rings. The Bertz CT molecular complexity index is 994. The molecule has 0 heterocycles. The number of allylic oxidation sites excluding steroid dienone is 8. The Kier molecular flexibility index (Phi) is 9.43. The average Bonchev–Trinajstić information content (AvgIpc) is 3.37. The minimum atomic E-state index is -0.799. The fourth-order valence-corrected chi connectivity index (χ4v) is 8.03. The van der Waals surface area contributed by atoms with E-state index in [0.717, 1.165) is 12.8 Å². The van der Waals surface area contributed by atoms with Crippen molar-refractivity contribution in [3.05, 3.63) is 102 Å². The fraction of sp³-hybridized carbons (Fsp3) is 0.333. The fourth-order valence-electron chi connectivity index (χ4n) is 4.27. The third kappa shape index (κ3) is 6.51. The number of rotatable bonds is 4. The molecule has 2 aliphatic carbocycles. The number of hydrogen-bond donors (Lipinski definition) is 0. The zero-order valence-electron chi connectivity index (χ0n) is 20.7. The van der Waals surface area contributed by atoms with E-state index >= 15 is 0 Å². The Morgan fingerprint density at radius 1 is 0.545 bits per heavy atom. The van der Waals surface area contributed by atoms with Gasteiger partial charge in [-0.15, -0.1) is 24.8 Å². The van der Waals surface area contributed by atoms with E-state index in [1.54, 1.807) is 6.56 Å². The molecule has 4 rings (SSSR count). The van der Waals surface area contributed by atoms with E-state index < -0.39 is 23.2 Å². The molecule has 0 fully saturated rings. The molecule has 0 amide bonds. The quantitative estimate of drug-likeness (QED) is 0.351. The molecule has 0 radical (unpaired) electrons. The van der Waals surface area contributed by atoms with Crippen LogP contribution in [0.1, 0.15) is 76.6 Å². The number of benzene rings is 2. The van der Waals surface area contributed by atoms with E-state index in [0.29, 0.717) is 0 Å². The Morgan fingerprint density at radius 3 is 1.18 bits per heavy atom. The van der Waals surface area contributed by atoms with Crippen LogP contribution in [0.15, 0.2) is 79.4 Å². The van der Waals surface area contributed by atoms with E-state index in [9.17, 15) is 0 Å². The molecule has 0 nitrogen and oxygen atoms in total. The van der Waals surface area contributed by atoms with Crippen LogP contribution in [0.2, 0.25) is 0 Å². The first-order chi connectivity index (χ1) is 14.6. The van der Waals surface area contributed by atoms with Gasteiger partial charge in [0.1, 0.15) is 0 Å². The van der Waals surface area contributed by atoms with Gasteiger partial charge in [-0.3, -0.25) is 0 Å². The molecule has 2 aliphatic rings. The smallest absolute Gasteiger partial charge is 0.147 e. The van der Waals surface area contributed by atoms with Gasteiger partial charge in [-0.05, 0) is 0 Å². The average molecular weight is 559 g/mol. The van der Waals surface area contributed by atoms with Gasteiger partial charge < -0.3 is 0 Å². The monoisotopic (exact) mass is 556 g/mol. The van der Waals surface area contributed by atoms with Crippen LogP contribution in [0.4, 0.5) is 0 Å². The van der Waals surface area contributed by atoms with Crippen molar-refractivity contribution in [2.45, 2.75) is 65.2 Å². The molecule has 0 N–H and O–H groups in total. The van der Waals surface area contributed by atoms with Crippen LogP contribution in [-0.4, -0.2) is 0 Å². The van der Waals surface area contributed by atoms with Crippen LogP contribution < -0.4 is 0 Å². The van der Waals surface area contributed by atoms with Crippen molar-refractivity contribution in [3.8, 4) is 0 Å². The summed E-state index contributed by atoms with van der Waals surface area (Å²) in [5, 5.41) is 0. The molecule has 174 valence electrons. The second-order valence-electron chi connectivity index (χ2n) is 10.8. The van der Waals surface area contributed by atoms with E-state index in [-0.39, 0.29) is 35.6 Å².